The standard InChI is InChI=1S/C15H22N2O3/c1-9-5-16-13(11(3)14(9)20-4)8-17-6-10(2)12(7-17)15(18)19/h5,10,12H,6-8H2,1-4H3,(H,18,19). The van der Waals surface area contributed by atoms with E-state index in [9.17, 15) is 9.90 Å². The van der Waals surface area contributed by atoms with Gasteiger partial charge in [0.1, 0.15) is 5.75 Å². The molecule has 1 N–H and O–H groups in total. The van der Waals surface area contributed by atoms with Crippen molar-refractivity contribution in [1.82, 2.24) is 9.88 Å². The first-order chi connectivity index (χ1) is 9.43. The van der Waals surface area contributed by atoms with E-state index in [1.54, 1.807) is 7.11 Å². The van der Waals surface area contributed by atoms with Gasteiger partial charge in [0.05, 0.1) is 18.7 Å². The van der Waals surface area contributed by atoms with Crippen LogP contribution in [0.15, 0.2) is 6.20 Å². The van der Waals surface area contributed by atoms with Gasteiger partial charge in [-0.3, -0.25) is 14.7 Å². The average Bonchev–Trinajstić information content (AvgIpc) is 2.75. The third-order valence-electron chi connectivity index (χ3n) is 4.13. The highest BCUT2D eigenvalue weighted by molar-refractivity contribution is 5.71. The van der Waals surface area contributed by atoms with Gasteiger partial charge in [-0.15, -0.1) is 0 Å². The normalized spacial score (nSPS) is 23.0. The van der Waals surface area contributed by atoms with Crippen LogP contribution in [-0.4, -0.2) is 41.2 Å². The summed E-state index contributed by atoms with van der Waals surface area (Å²) >= 11 is 0. The second-order valence-electron chi connectivity index (χ2n) is 5.66. The molecule has 2 atom stereocenters. The van der Waals surface area contributed by atoms with Gasteiger partial charge in [-0.1, -0.05) is 6.92 Å². The maximum atomic E-state index is 11.2. The van der Waals surface area contributed by atoms with Crippen LogP contribution in [0.1, 0.15) is 23.7 Å². The molecule has 2 heterocycles. The lowest BCUT2D eigenvalue weighted by Gasteiger charge is -2.18. The van der Waals surface area contributed by atoms with Gasteiger partial charge in [0.2, 0.25) is 0 Å². The number of methoxy groups -OCH3 is 1. The molecule has 5 nitrogen and oxygen atoms in total. The van der Waals surface area contributed by atoms with E-state index in [4.69, 9.17) is 4.74 Å². The maximum Gasteiger partial charge on any atom is 0.308 e. The Labute approximate surface area is 119 Å². The zero-order valence-electron chi connectivity index (χ0n) is 12.5. The third kappa shape index (κ3) is 2.77. The second-order valence-corrected chi connectivity index (χ2v) is 5.66. The van der Waals surface area contributed by atoms with Crippen molar-refractivity contribution in [1.29, 1.82) is 0 Å². The van der Waals surface area contributed by atoms with Crippen LogP contribution in [0, 0.1) is 25.7 Å². The molecule has 0 radical (unpaired) electrons. The molecule has 0 bridgehead atoms. The fourth-order valence-corrected chi connectivity index (χ4v) is 2.96. The van der Waals surface area contributed by atoms with Crippen LogP contribution in [0.5, 0.6) is 5.75 Å². The van der Waals surface area contributed by atoms with Gasteiger partial charge in [0.15, 0.2) is 0 Å². The predicted octanol–water partition coefficient (Wildman–Crippen LogP) is 1.86. The van der Waals surface area contributed by atoms with Crippen molar-refractivity contribution in [2.75, 3.05) is 20.2 Å². The Hall–Kier alpha value is -1.62. The Morgan fingerprint density at radius 3 is 2.75 bits per heavy atom. The number of aryl methyl sites for hydroxylation is 1. The first-order valence-corrected chi connectivity index (χ1v) is 6.88. The third-order valence-corrected chi connectivity index (χ3v) is 4.13. The Bertz CT molecular complexity index is 516. The molecule has 1 aromatic rings. The van der Waals surface area contributed by atoms with Crippen LogP contribution >= 0.6 is 0 Å². The number of nitrogens with zero attached hydrogens (tertiary/aromatic N) is 2. The van der Waals surface area contributed by atoms with E-state index < -0.39 is 5.97 Å². The number of aliphatic carboxylic acids is 1. The number of carboxylic acids is 1. The molecule has 20 heavy (non-hydrogen) atoms. The molecule has 2 rings (SSSR count). The zero-order chi connectivity index (χ0) is 14.9. The van der Waals surface area contributed by atoms with Crippen molar-refractivity contribution < 1.29 is 14.6 Å². The molecule has 1 aliphatic heterocycles. The van der Waals surface area contributed by atoms with Crippen molar-refractivity contribution in [3.8, 4) is 5.75 Å². The van der Waals surface area contributed by atoms with E-state index in [1.807, 2.05) is 27.0 Å². The smallest absolute Gasteiger partial charge is 0.308 e. The lowest BCUT2D eigenvalue weighted by Crippen LogP contribution is -2.24. The first-order valence-electron chi connectivity index (χ1n) is 6.88. The Morgan fingerprint density at radius 1 is 1.50 bits per heavy atom. The number of hydrogen-bond donors (Lipinski definition) is 1. The zero-order valence-corrected chi connectivity index (χ0v) is 12.5. The molecule has 1 saturated heterocycles. The number of carbonyl (C=O) groups is 1. The molecule has 1 aliphatic rings. The summed E-state index contributed by atoms with van der Waals surface area (Å²) in [5, 5.41) is 9.18. The lowest BCUT2D eigenvalue weighted by atomic mass is 9.99. The Morgan fingerprint density at radius 2 is 2.20 bits per heavy atom. The maximum absolute atomic E-state index is 11.2. The van der Waals surface area contributed by atoms with Gasteiger partial charge in [-0.2, -0.15) is 0 Å². The fraction of sp³-hybridized carbons (Fsp3) is 0.600. The molecule has 2 unspecified atom stereocenters. The molecule has 1 fully saturated rings. The SMILES string of the molecule is COc1c(C)cnc(CN2CC(C)C(C(=O)O)C2)c1C. The summed E-state index contributed by atoms with van der Waals surface area (Å²) in [6.07, 6.45) is 1.81. The molecule has 0 aliphatic carbocycles. The summed E-state index contributed by atoms with van der Waals surface area (Å²) in [5.74, 6) is 0.0750. The van der Waals surface area contributed by atoms with Gasteiger partial charge in [0.25, 0.3) is 0 Å². The van der Waals surface area contributed by atoms with Crippen LogP contribution in [0.4, 0.5) is 0 Å². The predicted molar refractivity (Wildman–Crippen MR) is 75.8 cm³/mol. The fourth-order valence-electron chi connectivity index (χ4n) is 2.96. The molecule has 0 saturated carbocycles. The van der Waals surface area contributed by atoms with E-state index in [1.165, 1.54) is 0 Å². The molecule has 0 amide bonds. The summed E-state index contributed by atoms with van der Waals surface area (Å²) in [7, 11) is 1.66. The van der Waals surface area contributed by atoms with Gasteiger partial charge >= 0.3 is 5.97 Å². The van der Waals surface area contributed by atoms with Crippen LogP contribution in [0.25, 0.3) is 0 Å². The Kier molecular flexibility index (Phi) is 4.28. The van der Waals surface area contributed by atoms with Crippen molar-refractivity contribution in [2.24, 2.45) is 11.8 Å². The highest BCUT2D eigenvalue weighted by Gasteiger charge is 2.34. The molecule has 0 spiro atoms. The number of ether oxygens (including phenoxy) is 1. The van der Waals surface area contributed by atoms with Crippen molar-refractivity contribution >= 4 is 5.97 Å². The number of hydrogen-bond acceptors (Lipinski definition) is 4. The van der Waals surface area contributed by atoms with Crippen molar-refractivity contribution in [2.45, 2.75) is 27.3 Å². The average molecular weight is 278 g/mol. The van der Waals surface area contributed by atoms with Gasteiger partial charge < -0.3 is 9.84 Å². The number of carboxylic acid groups (broad SMARTS) is 1. The molecular formula is C15H22N2O3. The largest absolute Gasteiger partial charge is 0.496 e. The minimum atomic E-state index is -0.703. The number of likely N-dealkylation sites (tertiary alicyclic amines) is 1. The van der Waals surface area contributed by atoms with Crippen molar-refractivity contribution in [3.63, 3.8) is 0 Å². The van der Waals surface area contributed by atoms with Crippen LogP contribution in [0.3, 0.4) is 0 Å². The molecule has 5 heteroatoms. The molecule has 1 aromatic heterocycles. The van der Waals surface area contributed by atoms with E-state index in [2.05, 4.69) is 9.88 Å². The Balaban J connectivity index is 2.14. The number of pyridine rings is 1. The lowest BCUT2D eigenvalue weighted by molar-refractivity contribution is -0.142. The summed E-state index contributed by atoms with van der Waals surface area (Å²) in [6.45, 7) is 8.04. The van der Waals surface area contributed by atoms with Crippen LogP contribution < -0.4 is 4.74 Å². The van der Waals surface area contributed by atoms with E-state index in [-0.39, 0.29) is 11.8 Å². The van der Waals surface area contributed by atoms with E-state index >= 15 is 0 Å². The molecule has 110 valence electrons. The van der Waals surface area contributed by atoms with E-state index in [0.29, 0.717) is 13.1 Å². The van der Waals surface area contributed by atoms with Crippen molar-refractivity contribution in [3.05, 3.63) is 23.0 Å². The van der Waals surface area contributed by atoms with Crippen LogP contribution in [0.2, 0.25) is 0 Å². The van der Waals surface area contributed by atoms with Gasteiger partial charge in [0, 0.05) is 37.0 Å². The molecular weight excluding hydrogens is 256 g/mol. The second kappa shape index (κ2) is 5.79. The summed E-state index contributed by atoms with van der Waals surface area (Å²) < 4.78 is 5.41. The summed E-state index contributed by atoms with van der Waals surface area (Å²) in [4.78, 5) is 17.8. The minimum Gasteiger partial charge on any atom is -0.496 e. The van der Waals surface area contributed by atoms with Crippen LogP contribution in [-0.2, 0) is 11.3 Å². The number of rotatable bonds is 4. The summed E-state index contributed by atoms with van der Waals surface area (Å²) in [5.41, 5.74) is 3.02. The monoisotopic (exact) mass is 278 g/mol. The first kappa shape index (κ1) is 14.8. The van der Waals surface area contributed by atoms with E-state index in [0.717, 1.165) is 29.1 Å². The highest BCUT2D eigenvalue weighted by Crippen LogP contribution is 2.28. The molecule has 0 aromatic carbocycles. The summed E-state index contributed by atoms with van der Waals surface area (Å²) in [6, 6.07) is 0. The minimum absolute atomic E-state index is 0.181. The van der Waals surface area contributed by atoms with Gasteiger partial charge in [-0.05, 0) is 19.8 Å². The van der Waals surface area contributed by atoms with Gasteiger partial charge in [-0.25, -0.2) is 0 Å². The number of aromatic nitrogens is 1. The topological polar surface area (TPSA) is 62.7 Å². The quantitative estimate of drug-likeness (QED) is 0.911. The highest BCUT2D eigenvalue weighted by atomic mass is 16.5.